The van der Waals surface area contributed by atoms with Crippen LogP contribution in [0.5, 0.6) is 0 Å². The molecule has 0 bridgehead atoms. The number of fused-ring (bicyclic) bond motifs is 1. The second-order valence-electron chi connectivity index (χ2n) is 3.73. The molecular weight excluding hydrogens is 260 g/mol. The molecule has 0 aliphatic carbocycles. The Morgan fingerprint density at radius 2 is 2.24 bits per heavy atom. The van der Waals surface area contributed by atoms with Gasteiger partial charge in [-0.3, -0.25) is 9.59 Å². The van der Waals surface area contributed by atoms with E-state index in [-0.39, 0.29) is 5.78 Å². The molecule has 3 nitrogen and oxygen atoms in total. The maximum absolute atomic E-state index is 12.1. The number of carbonyl (C=O) groups excluding carboxylic acids is 2. The van der Waals surface area contributed by atoms with Crippen LogP contribution in [-0.2, 0) is 9.53 Å². The number of benzene rings is 1. The number of rotatable bonds is 1. The van der Waals surface area contributed by atoms with Crippen molar-refractivity contribution in [3.05, 3.63) is 29.3 Å². The molecule has 0 saturated heterocycles. The molecule has 0 spiro atoms. The smallest absolute Gasteiger partial charge is 0.326 e. The summed E-state index contributed by atoms with van der Waals surface area (Å²) in [5.74, 6) is -0.722. The summed E-state index contributed by atoms with van der Waals surface area (Å²) in [7, 11) is 0.578. The van der Waals surface area contributed by atoms with Crippen LogP contribution in [0.3, 0.4) is 0 Å². The van der Waals surface area contributed by atoms with Gasteiger partial charge in [0.25, 0.3) is 0 Å². The molecule has 1 aliphatic rings. The van der Waals surface area contributed by atoms with Gasteiger partial charge < -0.3 is 4.74 Å². The van der Waals surface area contributed by atoms with E-state index in [4.69, 9.17) is 11.6 Å². The van der Waals surface area contributed by atoms with E-state index in [1.807, 2.05) is 19.1 Å². The minimum Gasteiger partial charge on any atom is -0.468 e. The lowest BCUT2D eigenvalue weighted by molar-refractivity contribution is -0.138. The Labute approximate surface area is 107 Å². The molecule has 1 aromatic rings. The summed E-state index contributed by atoms with van der Waals surface area (Å²) in [6, 6.07) is 5.56. The standard InChI is InChI=1S/C12H11ClO3S/c1-7-3-4-9-8(5-7)10(14)11(12(15)16-2)17(9)6-13/h3-6,11H,1-2H3. The maximum Gasteiger partial charge on any atom is 0.326 e. The van der Waals surface area contributed by atoms with Crippen LogP contribution in [-0.4, -0.2) is 28.9 Å². The van der Waals surface area contributed by atoms with Crippen molar-refractivity contribution in [3.63, 3.8) is 0 Å². The third kappa shape index (κ3) is 1.91. The van der Waals surface area contributed by atoms with Crippen LogP contribution in [0.1, 0.15) is 15.9 Å². The fourth-order valence-corrected chi connectivity index (χ4v) is 4.19. The molecule has 2 atom stereocenters. The molecule has 1 heterocycles. The number of aryl methyl sites for hydroxylation is 1. The van der Waals surface area contributed by atoms with Gasteiger partial charge in [-0.15, -0.1) is 10.5 Å². The SMILES string of the molecule is COC(=O)C1C(=O)c2cc(C)ccc2S1=CCl. The largest absolute Gasteiger partial charge is 0.468 e. The molecule has 0 aromatic heterocycles. The second-order valence-corrected chi connectivity index (χ2v) is 6.10. The van der Waals surface area contributed by atoms with Crippen molar-refractivity contribution in [3.8, 4) is 0 Å². The molecule has 0 amide bonds. The zero-order valence-corrected chi connectivity index (χ0v) is 11.0. The summed E-state index contributed by atoms with van der Waals surface area (Å²) in [5.41, 5.74) is 1.57. The van der Waals surface area contributed by atoms with Crippen molar-refractivity contribution in [1.29, 1.82) is 0 Å². The van der Waals surface area contributed by atoms with E-state index >= 15 is 0 Å². The molecule has 2 rings (SSSR count). The Morgan fingerprint density at radius 3 is 2.82 bits per heavy atom. The molecule has 90 valence electrons. The minimum absolute atomic E-state index is 0.198. The normalized spacial score (nSPS) is 22.6. The van der Waals surface area contributed by atoms with Crippen molar-refractivity contribution in [2.75, 3.05) is 7.11 Å². The van der Waals surface area contributed by atoms with E-state index in [1.165, 1.54) is 11.9 Å². The van der Waals surface area contributed by atoms with Gasteiger partial charge in [-0.1, -0.05) is 23.2 Å². The topological polar surface area (TPSA) is 43.4 Å². The van der Waals surface area contributed by atoms with Gasteiger partial charge in [0.15, 0.2) is 11.0 Å². The number of halogens is 1. The van der Waals surface area contributed by atoms with Crippen LogP contribution in [0.2, 0.25) is 0 Å². The van der Waals surface area contributed by atoms with Crippen LogP contribution in [0.15, 0.2) is 23.1 Å². The number of methoxy groups -OCH3 is 1. The number of ketones is 1. The Morgan fingerprint density at radius 1 is 1.53 bits per heavy atom. The van der Waals surface area contributed by atoms with Gasteiger partial charge in [0.05, 0.1) is 7.11 Å². The number of hydrogen-bond donors (Lipinski definition) is 0. The molecule has 1 aliphatic heterocycles. The summed E-state index contributed by atoms with van der Waals surface area (Å²) in [5, 5.41) is -0.811. The maximum atomic E-state index is 12.1. The zero-order chi connectivity index (χ0) is 12.6. The number of Topliss-reactive ketones (excluding diaryl/α,β-unsaturated/α-hetero) is 1. The number of ether oxygens (including phenoxy) is 1. The van der Waals surface area contributed by atoms with Gasteiger partial charge in [0.1, 0.15) is 0 Å². The van der Waals surface area contributed by atoms with Gasteiger partial charge in [0.2, 0.25) is 0 Å². The quantitative estimate of drug-likeness (QED) is 0.341. The van der Waals surface area contributed by atoms with Crippen molar-refractivity contribution < 1.29 is 14.3 Å². The second kappa shape index (κ2) is 4.63. The fraction of sp³-hybridized carbons (Fsp3) is 0.250. The van der Waals surface area contributed by atoms with Gasteiger partial charge in [0, 0.05) is 15.3 Å². The van der Waals surface area contributed by atoms with Crippen LogP contribution < -0.4 is 0 Å². The lowest BCUT2D eigenvalue weighted by Crippen LogP contribution is -2.25. The Kier molecular flexibility index (Phi) is 3.35. The minimum atomic E-state index is -0.811. The highest BCUT2D eigenvalue weighted by atomic mass is 35.5. The third-order valence-electron chi connectivity index (χ3n) is 2.66. The Balaban J connectivity index is 2.59. The van der Waals surface area contributed by atoms with Gasteiger partial charge >= 0.3 is 5.97 Å². The Hall–Kier alpha value is -1.13. The molecule has 0 radical (unpaired) electrons. The molecule has 5 heteroatoms. The molecule has 0 saturated carbocycles. The third-order valence-corrected chi connectivity index (χ3v) is 5.20. The number of hydrogen-bond acceptors (Lipinski definition) is 3. The predicted octanol–water partition coefficient (Wildman–Crippen LogP) is 2.36. The van der Waals surface area contributed by atoms with Gasteiger partial charge in [-0.05, 0) is 19.1 Å². The van der Waals surface area contributed by atoms with Gasteiger partial charge in [-0.25, -0.2) is 0 Å². The predicted molar refractivity (Wildman–Crippen MR) is 69.1 cm³/mol. The first-order chi connectivity index (χ1) is 8.10. The number of esters is 1. The summed E-state index contributed by atoms with van der Waals surface area (Å²) in [6.07, 6.45) is 0. The van der Waals surface area contributed by atoms with E-state index in [9.17, 15) is 9.59 Å². The highest BCUT2D eigenvalue weighted by Crippen LogP contribution is 2.43. The average molecular weight is 271 g/mol. The van der Waals surface area contributed by atoms with Crippen molar-refractivity contribution in [1.82, 2.24) is 0 Å². The van der Waals surface area contributed by atoms with E-state index in [0.29, 0.717) is 5.56 Å². The van der Waals surface area contributed by atoms with Crippen LogP contribution in [0.25, 0.3) is 0 Å². The number of carbonyl (C=O) groups is 2. The molecular formula is C12H11ClO3S. The lowest BCUT2D eigenvalue weighted by Gasteiger charge is -2.08. The fourth-order valence-electron chi connectivity index (χ4n) is 1.84. The monoisotopic (exact) mass is 270 g/mol. The highest BCUT2D eigenvalue weighted by Gasteiger charge is 2.40. The van der Waals surface area contributed by atoms with E-state index in [1.54, 1.807) is 6.07 Å². The van der Waals surface area contributed by atoms with Crippen LogP contribution in [0.4, 0.5) is 0 Å². The molecule has 1 aromatic carbocycles. The van der Waals surface area contributed by atoms with Crippen molar-refractivity contribution in [2.24, 2.45) is 0 Å². The first-order valence-electron chi connectivity index (χ1n) is 4.98. The van der Waals surface area contributed by atoms with Crippen LogP contribution >= 0.6 is 22.1 Å². The average Bonchev–Trinajstić information content (AvgIpc) is 2.61. The van der Waals surface area contributed by atoms with E-state index in [0.717, 1.165) is 10.5 Å². The van der Waals surface area contributed by atoms with Gasteiger partial charge in [-0.2, -0.15) is 0 Å². The first-order valence-corrected chi connectivity index (χ1v) is 6.77. The highest BCUT2D eigenvalue weighted by molar-refractivity contribution is 8.18. The summed E-state index contributed by atoms with van der Waals surface area (Å²) in [4.78, 5) is 26.0. The molecule has 0 fully saturated rings. The summed E-state index contributed by atoms with van der Waals surface area (Å²) < 4.78 is 4.67. The lowest BCUT2D eigenvalue weighted by atomic mass is 10.1. The van der Waals surface area contributed by atoms with E-state index in [2.05, 4.69) is 4.74 Å². The molecule has 0 N–H and O–H groups in total. The summed E-state index contributed by atoms with van der Waals surface area (Å²) in [6.45, 7) is 1.90. The van der Waals surface area contributed by atoms with Crippen molar-refractivity contribution >= 4 is 38.7 Å². The summed E-state index contributed by atoms with van der Waals surface area (Å²) >= 11 is 5.76. The van der Waals surface area contributed by atoms with Crippen LogP contribution in [0, 0.1) is 6.92 Å². The molecule has 17 heavy (non-hydrogen) atoms. The van der Waals surface area contributed by atoms with E-state index < -0.39 is 21.7 Å². The zero-order valence-electron chi connectivity index (χ0n) is 9.40. The Bertz CT molecular complexity index is 537. The first kappa shape index (κ1) is 12.3. The molecule has 2 unspecified atom stereocenters. The van der Waals surface area contributed by atoms with Crippen molar-refractivity contribution in [2.45, 2.75) is 17.1 Å².